The van der Waals surface area contributed by atoms with Crippen molar-refractivity contribution in [3.05, 3.63) is 60.5 Å². The fourth-order valence-corrected chi connectivity index (χ4v) is 2.55. The van der Waals surface area contributed by atoms with Gasteiger partial charge in [-0.2, -0.15) is 0 Å². The highest BCUT2D eigenvalue weighted by molar-refractivity contribution is 6.47. The summed E-state index contributed by atoms with van der Waals surface area (Å²) in [5.41, 5.74) is 1.48. The number of hydrogen-bond donors (Lipinski definition) is 0. The van der Waals surface area contributed by atoms with Crippen molar-refractivity contribution in [3.63, 3.8) is 0 Å². The molecule has 1 aromatic heterocycles. The maximum atomic E-state index is 13.2. The predicted molar refractivity (Wildman–Crippen MR) is 100 cm³/mol. The summed E-state index contributed by atoms with van der Waals surface area (Å²) >= 11 is 11.0. The summed E-state index contributed by atoms with van der Waals surface area (Å²) in [6.07, 6.45) is -1.65. The summed E-state index contributed by atoms with van der Waals surface area (Å²) in [4.78, 5) is 8.67. The number of nitrogens with zero attached hydrogens (tertiary/aromatic N) is 2. The van der Waals surface area contributed by atoms with E-state index >= 15 is 0 Å². The third-order valence-electron chi connectivity index (χ3n) is 3.69. The molecule has 3 aromatic rings. The van der Waals surface area contributed by atoms with Gasteiger partial charge in [-0.05, 0) is 36.4 Å². The lowest BCUT2D eigenvalue weighted by molar-refractivity contribution is 0.0322. The summed E-state index contributed by atoms with van der Waals surface area (Å²) < 4.78 is 46.4. The maximum Gasteiger partial charge on any atom is 0.319 e. The summed E-state index contributed by atoms with van der Waals surface area (Å²) in [5.74, 6) is 0.317. The molecular formula is C19H13Cl2F3N2O2. The molecule has 0 radical (unpaired) electrons. The molecule has 2 aromatic carbocycles. The van der Waals surface area contributed by atoms with Crippen molar-refractivity contribution in [2.24, 2.45) is 0 Å². The van der Waals surface area contributed by atoms with Crippen LogP contribution >= 0.6 is 23.2 Å². The Morgan fingerprint density at radius 3 is 2.39 bits per heavy atom. The van der Waals surface area contributed by atoms with Crippen molar-refractivity contribution in [2.75, 3.05) is 7.11 Å². The predicted octanol–water partition coefficient (Wildman–Crippen LogP) is 5.73. The molecule has 28 heavy (non-hydrogen) atoms. The zero-order valence-electron chi connectivity index (χ0n) is 14.4. The smallest absolute Gasteiger partial charge is 0.319 e. The largest absolute Gasteiger partial charge is 0.493 e. The molecule has 3 rings (SSSR count). The molecule has 0 amide bonds. The second kappa shape index (κ2) is 8.24. The van der Waals surface area contributed by atoms with Gasteiger partial charge >= 0.3 is 10.9 Å². The van der Waals surface area contributed by atoms with Gasteiger partial charge in [0.05, 0.1) is 13.3 Å². The van der Waals surface area contributed by atoms with E-state index in [0.29, 0.717) is 28.4 Å². The molecule has 0 atom stereocenters. The summed E-state index contributed by atoms with van der Waals surface area (Å²) in [5, 5.41) is 0. The van der Waals surface area contributed by atoms with Crippen LogP contribution in [-0.4, -0.2) is 28.0 Å². The average Bonchev–Trinajstić information content (AvgIpc) is 2.68. The Bertz CT molecular complexity index is 970. The summed E-state index contributed by atoms with van der Waals surface area (Å²) in [6.45, 7) is 0. The van der Waals surface area contributed by atoms with E-state index in [1.807, 2.05) is 0 Å². The van der Waals surface area contributed by atoms with Crippen LogP contribution in [0.3, 0.4) is 0 Å². The number of rotatable bonds is 6. The van der Waals surface area contributed by atoms with Crippen LogP contribution in [0.2, 0.25) is 0 Å². The Hall–Kier alpha value is -2.51. The SMILES string of the molecule is COc1cnc(-c2ccc(F)cc2)nc1-c1cccc(OC(Cl)(Cl)C(F)F)c1. The van der Waals surface area contributed by atoms with E-state index < -0.39 is 10.9 Å². The van der Waals surface area contributed by atoms with E-state index in [0.717, 1.165) is 0 Å². The fraction of sp³-hybridized carbons (Fsp3) is 0.158. The Labute approximate surface area is 168 Å². The van der Waals surface area contributed by atoms with Crippen molar-refractivity contribution in [1.82, 2.24) is 9.97 Å². The Morgan fingerprint density at radius 2 is 1.75 bits per heavy atom. The van der Waals surface area contributed by atoms with Crippen molar-refractivity contribution < 1.29 is 22.6 Å². The maximum absolute atomic E-state index is 13.2. The Morgan fingerprint density at radius 1 is 1.04 bits per heavy atom. The molecule has 4 nitrogen and oxygen atoms in total. The lowest BCUT2D eigenvalue weighted by Crippen LogP contribution is -2.30. The van der Waals surface area contributed by atoms with Crippen LogP contribution in [0.4, 0.5) is 13.2 Å². The molecule has 0 fully saturated rings. The second-order valence-corrected chi connectivity index (χ2v) is 6.93. The molecule has 9 heteroatoms. The summed E-state index contributed by atoms with van der Waals surface area (Å²) in [7, 11) is 1.44. The minimum atomic E-state index is -3.11. The highest BCUT2D eigenvalue weighted by atomic mass is 35.5. The van der Waals surface area contributed by atoms with Gasteiger partial charge in [0.1, 0.15) is 17.3 Å². The van der Waals surface area contributed by atoms with Gasteiger partial charge < -0.3 is 9.47 Å². The van der Waals surface area contributed by atoms with E-state index in [1.165, 1.54) is 37.6 Å². The standard InChI is InChI=1S/C19H13Cl2F3N2O2/c1-27-15-10-25-17(11-5-7-13(22)8-6-11)26-16(15)12-3-2-4-14(9-12)28-19(20,21)18(23)24/h2-10,18H,1H3. The molecule has 146 valence electrons. The number of aromatic nitrogens is 2. The van der Waals surface area contributed by atoms with Crippen molar-refractivity contribution in [1.29, 1.82) is 0 Å². The first-order chi connectivity index (χ1) is 13.3. The molecule has 0 unspecified atom stereocenters. The molecule has 0 aliphatic carbocycles. The van der Waals surface area contributed by atoms with E-state index in [1.54, 1.807) is 24.3 Å². The first kappa shape index (κ1) is 20.2. The first-order valence-electron chi connectivity index (χ1n) is 7.92. The minimum Gasteiger partial charge on any atom is -0.493 e. The van der Waals surface area contributed by atoms with Crippen LogP contribution in [0.25, 0.3) is 22.6 Å². The zero-order chi connectivity index (χ0) is 20.3. The summed E-state index contributed by atoms with van der Waals surface area (Å²) in [6, 6.07) is 11.8. The van der Waals surface area contributed by atoms with E-state index in [4.69, 9.17) is 32.7 Å². The van der Waals surface area contributed by atoms with Gasteiger partial charge in [-0.1, -0.05) is 35.3 Å². The number of halogens is 5. The second-order valence-electron chi connectivity index (χ2n) is 5.61. The molecule has 0 N–H and O–H groups in total. The van der Waals surface area contributed by atoms with Crippen LogP contribution in [0.1, 0.15) is 0 Å². The Kier molecular flexibility index (Phi) is 5.96. The highest BCUT2D eigenvalue weighted by Gasteiger charge is 2.38. The number of alkyl halides is 4. The van der Waals surface area contributed by atoms with Crippen LogP contribution in [0, 0.1) is 5.82 Å². The molecule has 1 heterocycles. The van der Waals surface area contributed by atoms with Crippen LogP contribution in [-0.2, 0) is 0 Å². The molecule has 0 bridgehead atoms. The van der Waals surface area contributed by atoms with Gasteiger partial charge in [-0.15, -0.1) is 0 Å². The van der Waals surface area contributed by atoms with E-state index in [-0.39, 0.29) is 11.6 Å². The van der Waals surface area contributed by atoms with Crippen molar-refractivity contribution in [2.45, 2.75) is 10.9 Å². The van der Waals surface area contributed by atoms with E-state index in [2.05, 4.69) is 9.97 Å². The third-order valence-corrected chi connectivity index (χ3v) is 4.18. The number of methoxy groups -OCH3 is 1. The average molecular weight is 429 g/mol. The molecule has 0 aliphatic heterocycles. The lowest BCUT2D eigenvalue weighted by Gasteiger charge is -2.20. The van der Waals surface area contributed by atoms with Crippen molar-refractivity contribution >= 4 is 23.2 Å². The van der Waals surface area contributed by atoms with Gasteiger partial charge in [0, 0.05) is 11.1 Å². The molecule has 0 saturated carbocycles. The molecular weight excluding hydrogens is 416 g/mol. The monoisotopic (exact) mass is 428 g/mol. The quantitative estimate of drug-likeness (QED) is 0.470. The van der Waals surface area contributed by atoms with Crippen LogP contribution in [0.15, 0.2) is 54.7 Å². The highest BCUT2D eigenvalue weighted by Crippen LogP contribution is 2.35. The van der Waals surface area contributed by atoms with Gasteiger partial charge in [-0.25, -0.2) is 23.1 Å². The third kappa shape index (κ3) is 4.48. The molecule has 0 saturated heterocycles. The lowest BCUT2D eigenvalue weighted by atomic mass is 10.1. The normalized spacial score (nSPS) is 11.5. The van der Waals surface area contributed by atoms with E-state index in [9.17, 15) is 13.2 Å². The van der Waals surface area contributed by atoms with Gasteiger partial charge in [0.2, 0.25) is 0 Å². The topological polar surface area (TPSA) is 44.2 Å². The molecule has 0 spiro atoms. The van der Waals surface area contributed by atoms with Crippen LogP contribution in [0.5, 0.6) is 11.5 Å². The number of ether oxygens (including phenoxy) is 2. The number of hydrogen-bond acceptors (Lipinski definition) is 4. The van der Waals surface area contributed by atoms with Gasteiger partial charge in [0.15, 0.2) is 11.6 Å². The first-order valence-corrected chi connectivity index (χ1v) is 8.68. The number of benzene rings is 2. The zero-order valence-corrected chi connectivity index (χ0v) is 15.9. The van der Waals surface area contributed by atoms with Gasteiger partial charge in [-0.3, -0.25) is 0 Å². The van der Waals surface area contributed by atoms with Crippen molar-refractivity contribution in [3.8, 4) is 34.1 Å². The Balaban J connectivity index is 2.01. The van der Waals surface area contributed by atoms with Gasteiger partial charge in [0.25, 0.3) is 0 Å². The molecule has 0 aliphatic rings. The minimum absolute atomic E-state index is 0.0202. The fourth-order valence-electron chi connectivity index (χ4n) is 2.37. The van der Waals surface area contributed by atoms with Crippen LogP contribution < -0.4 is 9.47 Å².